The van der Waals surface area contributed by atoms with Crippen LogP contribution in [0.25, 0.3) is 10.9 Å². The number of amides is 4. The lowest BCUT2D eigenvalue weighted by molar-refractivity contribution is -0.131. The summed E-state index contributed by atoms with van der Waals surface area (Å²) in [5, 5.41) is 23.6. The van der Waals surface area contributed by atoms with E-state index in [1.165, 1.54) is 0 Å². The van der Waals surface area contributed by atoms with Crippen LogP contribution in [0.15, 0.2) is 30.5 Å². The first-order valence-corrected chi connectivity index (χ1v) is 16.9. The minimum Gasteiger partial charge on any atom is -0.444 e. The van der Waals surface area contributed by atoms with E-state index in [9.17, 15) is 24.3 Å². The number of fused-ring (bicyclic) bond motifs is 1. The number of H-pyrrole nitrogens is 1. The Balaban J connectivity index is 2.01. The van der Waals surface area contributed by atoms with Crippen molar-refractivity contribution in [1.82, 2.24) is 26.3 Å². The van der Waals surface area contributed by atoms with Gasteiger partial charge in [-0.3, -0.25) is 14.4 Å². The lowest BCUT2D eigenvalue weighted by Crippen LogP contribution is -2.57. The highest BCUT2D eigenvalue weighted by Crippen LogP contribution is 2.19. The Bertz CT molecular complexity index is 1290. The smallest absolute Gasteiger partial charge is 0.408 e. The molecule has 0 fully saturated rings. The molecule has 12 heteroatoms. The van der Waals surface area contributed by atoms with Crippen molar-refractivity contribution in [2.75, 3.05) is 12.3 Å². The van der Waals surface area contributed by atoms with Crippen molar-refractivity contribution in [2.24, 2.45) is 17.8 Å². The number of aromatic nitrogens is 1. The first kappa shape index (κ1) is 38.9. The summed E-state index contributed by atoms with van der Waals surface area (Å²) in [5.74, 6) is -1.49. The summed E-state index contributed by atoms with van der Waals surface area (Å²) in [6.45, 7) is 14.9. The molecule has 0 bridgehead atoms. The van der Waals surface area contributed by atoms with E-state index in [-0.39, 0.29) is 30.6 Å². The fraction of sp³-hybridized carbons (Fsp3) is 0.647. The number of ether oxygens (including phenoxy) is 1. The van der Waals surface area contributed by atoms with Crippen molar-refractivity contribution < 1.29 is 29.0 Å². The molecule has 4 amide bonds. The number of aliphatic hydroxyl groups is 1. The number of aliphatic hydroxyl groups excluding tert-OH is 1. The number of rotatable bonds is 17. The minimum atomic E-state index is -0.995. The lowest BCUT2D eigenvalue weighted by atomic mass is 9.92. The van der Waals surface area contributed by atoms with Gasteiger partial charge in [-0.05, 0) is 75.7 Å². The summed E-state index contributed by atoms with van der Waals surface area (Å²) in [6.07, 6.45) is 1.75. The molecule has 0 aliphatic heterocycles. The summed E-state index contributed by atoms with van der Waals surface area (Å²) in [5.41, 5.74) is 1.43. The number of nitrogens with one attached hydrogen (secondary N) is 5. The SMILES string of the molecule is CC(C)C[C@H](NC(=O)[C@H](CCS)NC(=O)[C@@H](NC(=O)OC(C)(C)C)C(C)C)[C@@H](O)C[C@@H](C)C(=O)NCCc1c[nH]c2ccccc12. The second kappa shape index (κ2) is 18.2. The maximum Gasteiger partial charge on any atom is 0.408 e. The molecule has 2 aromatic rings. The number of thiol groups is 1. The van der Waals surface area contributed by atoms with Gasteiger partial charge in [-0.25, -0.2) is 4.79 Å². The zero-order valence-corrected chi connectivity index (χ0v) is 29.5. The van der Waals surface area contributed by atoms with Crippen molar-refractivity contribution in [3.63, 3.8) is 0 Å². The van der Waals surface area contributed by atoms with Crippen molar-refractivity contribution in [1.29, 1.82) is 0 Å². The van der Waals surface area contributed by atoms with Crippen LogP contribution in [0.3, 0.4) is 0 Å². The number of aromatic amines is 1. The third-order valence-electron chi connectivity index (χ3n) is 7.60. The highest BCUT2D eigenvalue weighted by molar-refractivity contribution is 7.80. The fourth-order valence-electron chi connectivity index (χ4n) is 5.20. The molecule has 1 heterocycles. The van der Waals surface area contributed by atoms with Gasteiger partial charge in [0.05, 0.1) is 12.1 Å². The third-order valence-corrected chi connectivity index (χ3v) is 7.86. The Hall–Kier alpha value is -3.25. The molecular weight excluding hydrogens is 606 g/mol. The van der Waals surface area contributed by atoms with Crippen LogP contribution in [-0.2, 0) is 25.5 Å². The number of carbonyl (C=O) groups is 4. The zero-order valence-electron chi connectivity index (χ0n) is 28.6. The quantitative estimate of drug-likeness (QED) is 0.126. The van der Waals surface area contributed by atoms with Crippen molar-refractivity contribution >= 4 is 47.3 Å². The van der Waals surface area contributed by atoms with Crippen LogP contribution in [0.2, 0.25) is 0 Å². The molecule has 0 radical (unpaired) electrons. The van der Waals surface area contributed by atoms with Gasteiger partial charge in [0.2, 0.25) is 17.7 Å². The molecule has 2 rings (SSSR count). The average molecular weight is 662 g/mol. The van der Waals surface area contributed by atoms with E-state index in [4.69, 9.17) is 4.74 Å². The Morgan fingerprint density at radius 1 is 0.935 bits per heavy atom. The van der Waals surface area contributed by atoms with Crippen molar-refractivity contribution in [3.8, 4) is 0 Å². The first-order valence-electron chi connectivity index (χ1n) is 16.2. The summed E-state index contributed by atoms with van der Waals surface area (Å²) in [4.78, 5) is 55.2. The maximum atomic E-state index is 13.5. The second-order valence-corrected chi connectivity index (χ2v) is 14.2. The Kier molecular flexibility index (Phi) is 15.4. The van der Waals surface area contributed by atoms with E-state index in [1.807, 2.05) is 44.3 Å². The number of hydrogen-bond donors (Lipinski definition) is 7. The topological polar surface area (TPSA) is 162 Å². The van der Waals surface area contributed by atoms with Crippen LogP contribution in [0.5, 0.6) is 0 Å². The monoisotopic (exact) mass is 661 g/mol. The van der Waals surface area contributed by atoms with Gasteiger partial charge in [-0.2, -0.15) is 12.6 Å². The van der Waals surface area contributed by atoms with Crippen LogP contribution >= 0.6 is 12.6 Å². The van der Waals surface area contributed by atoms with Gasteiger partial charge in [0.15, 0.2) is 0 Å². The first-order chi connectivity index (χ1) is 21.5. The molecule has 5 atom stereocenters. The molecule has 0 aliphatic carbocycles. The van der Waals surface area contributed by atoms with E-state index in [2.05, 4.69) is 38.9 Å². The Labute approximate surface area is 279 Å². The molecule has 0 saturated carbocycles. The van der Waals surface area contributed by atoms with Crippen molar-refractivity contribution in [2.45, 2.75) is 111 Å². The zero-order chi connectivity index (χ0) is 34.6. The molecular formula is C34H55N5O6S. The van der Waals surface area contributed by atoms with Gasteiger partial charge in [0, 0.05) is 29.6 Å². The minimum absolute atomic E-state index is 0.140. The molecule has 258 valence electrons. The molecule has 0 unspecified atom stereocenters. The normalized spacial score (nSPS) is 15.1. The molecule has 0 aliphatic rings. The van der Waals surface area contributed by atoms with Gasteiger partial charge in [-0.15, -0.1) is 0 Å². The number of benzene rings is 1. The van der Waals surface area contributed by atoms with Crippen LogP contribution in [-0.4, -0.2) is 76.0 Å². The summed E-state index contributed by atoms with van der Waals surface area (Å²) < 4.78 is 5.31. The predicted molar refractivity (Wildman–Crippen MR) is 185 cm³/mol. The third kappa shape index (κ3) is 12.9. The molecule has 46 heavy (non-hydrogen) atoms. The largest absolute Gasteiger partial charge is 0.444 e. The summed E-state index contributed by atoms with van der Waals surface area (Å²) in [7, 11) is 0. The molecule has 0 saturated heterocycles. The molecule has 0 spiro atoms. The fourth-order valence-corrected chi connectivity index (χ4v) is 5.46. The molecule has 11 nitrogen and oxygen atoms in total. The van der Waals surface area contributed by atoms with E-state index in [0.717, 1.165) is 16.5 Å². The number of carbonyl (C=O) groups excluding carboxylic acids is 4. The highest BCUT2D eigenvalue weighted by Gasteiger charge is 2.32. The van der Waals surface area contributed by atoms with Crippen LogP contribution in [0.1, 0.15) is 80.2 Å². The van der Waals surface area contributed by atoms with Gasteiger partial charge in [-0.1, -0.05) is 52.8 Å². The Morgan fingerprint density at radius 2 is 1.61 bits per heavy atom. The van der Waals surface area contributed by atoms with Gasteiger partial charge >= 0.3 is 6.09 Å². The standard InChI is InChI=1S/C34H55N5O6S/c1-20(2)17-27(28(40)18-22(5)30(41)35-15-13-23-19-36-25-12-10-9-11-24(23)25)38-31(42)26(14-16-46)37-32(43)29(21(3)4)39-33(44)45-34(6,7)8/h9-12,19-22,26-29,36,40,46H,13-18H2,1-8H3,(H,35,41)(H,37,43)(H,38,42)(H,39,44)/t22-,26+,27+,28+,29+/m1/s1. The highest BCUT2D eigenvalue weighted by atomic mass is 32.1. The predicted octanol–water partition coefficient (Wildman–Crippen LogP) is 4.10. The summed E-state index contributed by atoms with van der Waals surface area (Å²) in [6, 6.07) is 5.48. The molecule has 6 N–H and O–H groups in total. The van der Waals surface area contributed by atoms with Gasteiger partial charge in [0.1, 0.15) is 17.7 Å². The Morgan fingerprint density at radius 3 is 2.22 bits per heavy atom. The lowest BCUT2D eigenvalue weighted by Gasteiger charge is -2.30. The van der Waals surface area contributed by atoms with E-state index < -0.39 is 53.7 Å². The van der Waals surface area contributed by atoms with Crippen molar-refractivity contribution in [3.05, 3.63) is 36.0 Å². The van der Waals surface area contributed by atoms with Gasteiger partial charge in [0.25, 0.3) is 0 Å². The number of alkyl carbamates (subject to hydrolysis) is 1. The van der Waals surface area contributed by atoms with E-state index in [0.29, 0.717) is 25.1 Å². The van der Waals surface area contributed by atoms with E-state index >= 15 is 0 Å². The number of hydrogen-bond acceptors (Lipinski definition) is 7. The number of para-hydroxylation sites is 1. The van der Waals surface area contributed by atoms with Crippen LogP contribution in [0, 0.1) is 17.8 Å². The van der Waals surface area contributed by atoms with E-state index in [1.54, 1.807) is 41.5 Å². The maximum absolute atomic E-state index is 13.5. The van der Waals surface area contributed by atoms with Gasteiger partial charge < -0.3 is 36.1 Å². The molecule has 1 aromatic carbocycles. The molecule has 1 aromatic heterocycles. The summed E-state index contributed by atoms with van der Waals surface area (Å²) >= 11 is 4.27. The van der Waals surface area contributed by atoms with Crippen LogP contribution < -0.4 is 21.3 Å². The second-order valence-electron chi connectivity index (χ2n) is 13.8. The van der Waals surface area contributed by atoms with Crippen LogP contribution in [0.4, 0.5) is 4.79 Å². The average Bonchev–Trinajstić information content (AvgIpc) is 3.36.